The average Bonchev–Trinajstić information content (AvgIpc) is 3.23. The number of nitrogens with zero attached hydrogens (tertiary/aromatic N) is 3. The molecular weight excluding hydrogens is 396 g/mol. The van der Waals surface area contributed by atoms with E-state index in [9.17, 15) is 8.42 Å². The van der Waals surface area contributed by atoms with Crippen LogP contribution < -0.4 is 9.62 Å². The highest BCUT2D eigenvalue weighted by Gasteiger charge is 2.16. The van der Waals surface area contributed by atoms with Gasteiger partial charge < -0.3 is 4.90 Å². The smallest absolute Gasteiger partial charge is 0.261 e. The van der Waals surface area contributed by atoms with Gasteiger partial charge in [0.25, 0.3) is 10.0 Å². The first-order chi connectivity index (χ1) is 13.5. The molecule has 3 aromatic rings. The fourth-order valence-corrected chi connectivity index (χ4v) is 4.53. The van der Waals surface area contributed by atoms with Crippen LogP contribution in [0.2, 0.25) is 5.02 Å². The predicted octanol–water partition coefficient (Wildman–Crippen LogP) is 4.20. The number of benzene rings is 2. The molecule has 4 rings (SSSR count). The van der Waals surface area contributed by atoms with Gasteiger partial charge in [-0.05, 0) is 55.3 Å². The zero-order valence-electron chi connectivity index (χ0n) is 15.0. The lowest BCUT2D eigenvalue weighted by Gasteiger charge is -2.15. The van der Waals surface area contributed by atoms with E-state index in [2.05, 4.69) is 19.8 Å². The largest absolute Gasteiger partial charge is 0.355 e. The van der Waals surface area contributed by atoms with Crippen molar-refractivity contribution in [3.8, 4) is 11.3 Å². The van der Waals surface area contributed by atoms with Crippen molar-refractivity contribution in [2.24, 2.45) is 0 Å². The van der Waals surface area contributed by atoms with Gasteiger partial charge in [-0.2, -0.15) is 0 Å². The van der Waals surface area contributed by atoms with E-state index in [0.29, 0.717) is 16.4 Å². The summed E-state index contributed by atoms with van der Waals surface area (Å²) < 4.78 is 27.8. The number of nitrogens with one attached hydrogen (secondary N) is 1. The lowest BCUT2D eigenvalue weighted by atomic mass is 10.1. The Hall–Kier alpha value is -2.64. The second kappa shape index (κ2) is 7.77. The van der Waals surface area contributed by atoms with Gasteiger partial charge >= 0.3 is 0 Å². The predicted molar refractivity (Wildman–Crippen MR) is 111 cm³/mol. The summed E-state index contributed by atoms with van der Waals surface area (Å²) in [5.41, 5.74) is 1.92. The molecule has 6 nitrogen and oxygen atoms in total. The average molecular weight is 415 g/mol. The van der Waals surface area contributed by atoms with Gasteiger partial charge in [0.1, 0.15) is 0 Å². The molecule has 1 aliphatic rings. The van der Waals surface area contributed by atoms with Crippen molar-refractivity contribution in [1.29, 1.82) is 0 Å². The molecule has 2 aromatic carbocycles. The third-order valence-corrected chi connectivity index (χ3v) is 6.21. The highest BCUT2D eigenvalue weighted by molar-refractivity contribution is 7.92. The molecule has 0 atom stereocenters. The maximum atomic E-state index is 12.6. The molecule has 28 heavy (non-hydrogen) atoms. The van der Waals surface area contributed by atoms with Gasteiger partial charge in [0.15, 0.2) is 5.82 Å². The fourth-order valence-electron chi connectivity index (χ4n) is 3.18. The second-order valence-corrected chi connectivity index (χ2v) is 8.73. The van der Waals surface area contributed by atoms with E-state index in [4.69, 9.17) is 11.6 Å². The molecule has 8 heteroatoms. The highest BCUT2D eigenvalue weighted by atomic mass is 35.5. The Labute approximate surface area is 169 Å². The van der Waals surface area contributed by atoms with Crippen molar-refractivity contribution in [2.75, 3.05) is 22.7 Å². The fraction of sp³-hybridized carbons (Fsp3) is 0.200. The third kappa shape index (κ3) is 4.10. The maximum Gasteiger partial charge on any atom is 0.261 e. The number of anilines is 2. The first-order valence-electron chi connectivity index (χ1n) is 8.99. The van der Waals surface area contributed by atoms with E-state index < -0.39 is 10.0 Å². The van der Waals surface area contributed by atoms with Crippen LogP contribution in [-0.2, 0) is 10.0 Å². The van der Waals surface area contributed by atoms with Crippen molar-refractivity contribution in [1.82, 2.24) is 10.2 Å². The summed E-state index contributed by atoms with van der Waals surface area (Å²) in [5, 5.41) is 9.00. The van der Waals surface area contributed by atoms with Gasteiger partial charge in [-0.15, -0.1) is 10.2 Å². The minimum absolute atomic E-state index is 0.111. The minimum Gasteiger partial charge on any atom is -0.355 e. The molecule has 0 unspecified atom stereocenters. The number of hydrogen-bond acceptors (Lipinski definition) is 5. The number of hydrogen-bond donors (Lipinski definition) is 1. The van der Waals surface area contributed by atoms with Crippen LogP contribution in [0.5, 0.6) is 0 Å². The maximum absolute atomic E-state index is 12.6. The van der Waals surface area contributed by atoms with Gasteiger partial charge in [0.2, 0.25) is 0 Å². The van der Waals surface area contributed by atoms with Crippen LogP contribution in [-0.4, -0.2) is 31.7 Å². The first kappa shape index (κ1) is 18.7. The molecule has 1 fully saturated rings. The lowest BCUT2D eigenvalue weighted by molar-refractivity contribution is 0.601. The van der Waals surface area contributed by atoms with Crippen LogP contribution in [0.3, 0.4) is 0 Å². The molecule has 1 saturated heterocycles. The molecule has 1 N–H and O–H groups in total. The van der Waals surface area contributed by atoms with Crippen molar-refractivity contribution in [2.45, 2.75) is 17.7 Å². The van der Waals surface area contributed by atoms with Gasteiger partial charge in [-0.1, -0.05) is 29.8 Å². The van der Waals surface area contributed by atoms with Crippen LogP contribution in [0.25, 0.3) is 11.3 Å². The summed E-state index contributed by atoms with van der Waals surface area (Å²) in [4.78, 5) is 2.33. The molecule has 1 aliphatic heterocycles. The molecular formula is C20H19ClN4O2S. The van der Waals surface area contributed by atoms with Crippen LogP contribution in [0.4, 0.5) is 11.5 Å². The van der Waals surface area contributed by atoms with E-state index in [-0.39, 0.29) is 4.90 Å². The molecule has 0 radical (unpaired) electrons. The van der Waals surface area contributed by atoms with Gasteiger partial charge in [0, 0.05) is 29.4 Å². The van der Waals surface area contributed by atoms with E-state index in [1.54, 1.807) is 30.3 Å². The Bertz CT molecular complexity index is 1080. The summed E-state index contributed by atoms with van der Waals surface area (Å²) in [6.45, 7) is 2.02. The van der Waals surface area contributed by atoms with E-state index in [1.165, 1.54) is 25.0 Å². The monoisotopic (exact) mass is 414 g/mol. The van der Waals surface area contributed by atoms with E-state index in [1.807, 2.05) is 18.2 Å². The Morgan fingerprint density at radius 2 is 1.71 bits per heavy atom. The van der Waals surface area contributed by atoms with E-state index in [0.717, 1.165) is 24.5 Å². The van der Waals surface area contributed by atoms with Gasteiger partial charge in [-0.3, -0.25) is 4.72 Å². The quantitative estimate of drug-likeness (QED) is 0.677. The Kier molecular flexibility index (Phi) is 5.19. The molecule has 2 heterocycles. The normalized spacial score (nSPS) is 14.2. The summed E-state index contributed by atoms with van der Waals surface area (Å²) in [6.07, 6.45) is 2.36. The summed E-state index contributed by atoms with van der Waals surface area (Å²) >= 11 is 5.91. The topological polar surface area (TPSA) is 75.2 Å². The SMILES string of the molecule is O=S(=O)(Nc1cccc(-c2ccc(N3CCCC3)nn2)c1)c1cccc(Cl)c1. The van der Waals surface area contributed by atoms with Crippen molar-refractivity contribution in [3.05, 3.63) is 65.7 Å². The number of halogens is 1. The van der Waals surface area contributed by atoms with Crippen LogP contribution >= 0.6 is 11.6 Å². The summed E-state index contributed by atoms with van der Waals surface area (Å²) in [6, 6.07) is 17.1. The Morgan fingerprint density at radius 3 is 2.43 bits per heavy atom. The minimum atomic E-state index is -3.73. The standard InChI is InChI=1S/C20H19ClN4O2S/c21-16-6-4-8-18(14-16)28(26,27)24-17-7-3-5-15(13-17)19-9-10-20(23-22-19)25-11-1-2-12-25/h3-10,13-14,24H,1-2,11-12H2. The van der Waals surface area contributed by atoms with Crippen LogP contribution in [0.1, 0.15) is 12.8 Å². The molecule has 0 amide bonds. The van der Waals surface area contributed by atoms with Crippen molar-refractivity contribution < 1.29 is 8.42 Å². The molecule has 0 spiro atoms. The van der Waals surface area contributed by atoms with Gasteiger partial charge in [-0.25, -0.2) is 8.42 Å². The van der Waals surface area contributed by atoms with Crippen LogP contribution in [0.15, 0.2) is 65.6 Å². The van der Waals surface area contributed by atoms with Crippen LogP contribution in [0, 0.1) is 0 Å². The van der Waals surface area contributed by atoms with E-state index >= 15 is 0 Å². The Morgan fingerprint density at radius 1 is 0.929 bits per heavy atom. The molecule has 0 saturated carbocycles. The molecule has 0 bridgehead atoms. The highest BCUT2D eigenvalue weighted by Crippen LogP contribution is 2.25. The lowest BCUT2D eigenvalue weighted by Crippen LogP contribution is -2.19. The Balaban J connectivity index is 1.56. The molecule has 1 aromatic heterocycles. The summed E-state index contributed by atoms with van der Waals surface area (Å²) in [5.74, 6) is 0.874. The van der Waals surface area contributed by atoms with Gasteiger partial charge in [0.05, 0.1) is 10.6 Å². The third-order valence-electron chi connectivity index (χ3n) is 4.60. The number of rotatable bonds is 5. The van der Waals surface area contributed by atoms with Crippen molar-refractivity contribution in [3.63, 3.8) is 0 Å². The molecule has 0 aliphatic carbocycles. The zero-order valence-corrected chi connectivity index (χ0v) is 16.6. The van der Waals surface area contributed by atoms with Crippen molar-refractivity contribution >= 4 is 33.1 Å². The molecule has 144 valence electrons. The zero-order chi connectivity index (χ0) is 19.6. The first-order valence-corrected chi connectivity index (χ1v) is 10.8. The summed E-state index contributed by atoms with van der Waals surface area (Å²) in [7, 11) is -3.73. The number of sulfonamides is 1. The second-order valence-electron chi connectivity index (χ2n) is 6.61. The number of aromatic nitrogens is 2.